The smallest absolute Gasteiger partial charge is 0.0472 e. The van der Waals surface area contributed by atoms with Gasteiger partial charge in [-0.15, -0.1) is 0 Å². The van der Waals surface area contributed by atoms with Crippen LogP contribution in [0.2, 0.25) is 0 Å². The second-order valence-electron chi connectivity index (χ2n) is 6.21. The number of aromatic nitrogens is 1. The van der Waals surface area contributed by atoms with E-state index < -0.39 is 0 Å². The molecule has 0 saturated heterocycles. The van der Waals surface area contributed by atoms with Crippen LogP contribution in [0.1, 0.15) is 31.5 Å². The molecule has 0 spiro atoms. The molecule has 2 heteroatoms. The second-order valence-corrected chi connectivity index (χ2v) is 6.21. The van der Waals surface area contributed by atoms with E-state index in [0.717, 1.165) is 13.0 Å². The maximum absolute atomic E-state index is 3.69. The van der Waals surface area contributed by atoms with Crippen molar-refractivity contribution >= 4 is 0 Å². The van der Waals surface area contributed by atoms with Gasteiger partial charge < -0.3 is 9.88 Å². The zero-order valence-electron chi connectivity index (χ0n) is 12.9. The highest BCUT2D eigenvalue weighted by Gasteiger charge is 2.17. The lowest BCUT2D eigenvalue weighted by Crippen LogP contribution is -2.40. The van der Waals surface area contributed by atoms with Crippen LogP contribution in [0.25, 0.3) is 0 Å². The molecule has 0 aliphatic carbocycles. The van der Waals surface area contributed by atoms with Gasteiger partial charge in [0.15, 0.2) is 0 Å². The Bertz CT molecular complexity index is 610. The summed E-state index contributed by atoms with van der Waals surface area (Å²) >= 11 is 0. The van der Waals surface area contributed by atoms with Crippen molar-refractivity contribution in [3.05, 3.63) is 71.6 Å². The minimum atomic E-state index is 0.457. The van der Waals surface area contributed by atoms with Crippen LogP contribution in [-0.2, 0) is 13.0 Å². The summed E-state index contributed by atoms with van der Waals surface area (Å²) in [5, 5.41) is 3.69. The number of hydrogen-bond donors (Lipinski definition) is 1. The van der Waals surface area contributed by atoms with E-state index in [9.17, 15) is 0 Å². The summed E-state index contributed by atoms with van der Waals surface area (Å²) < 4.78 is 2.36. The van der Waals surface area contributed by atoms with Crippen molar-refractivity contribution in [2.24, 2.45) is 0 Å². The Morgan fingerprint density at radius 1 is 1.14 bits per heavy atom. The zero-order chi connectivity index (χ0) is 14.7. The summed E-state index contributed by atoms with van der Waals surface area (Å²) in [7, 11) is 0. The lowest BCUT2D eigenvalue weighted by Gasteiger charge is -2.27. The Balaban J connectivity index is 1.72. The van der Waals surface area contributed by atoms with E-state index in [1.165, 1.54) is 23.3 Å². The summed E-state index contributed by atoms with van der Waals surface area (Å²) in [5.74, 6) is 0. The van der Waals surface area contributed by atoms with Crippen LogP contribution in [0.4, 0.5) is 0 Å². The van der Waals surface area contributed by atoms with Gasteiger partial charge in [-0.1, -0.05) is 42.0 Å². The SMILES string of the molecule is CC1=CC(Cc2cccn2Cc2ccccc2)NC(C)C1. The standard InChI is InChI=1S/C19H24N2/c1-15-11-16(2)20-18(12-15)13-19-9-6-10-21(19)14-17-7-4-3-5-8-17/h3-10,12,16,18,20H,11,13-14H2,1-2H3. The Hall–Kier alpha value is -1.80. The molecule has 0 fully saturated rings. The molecule has 1 aliphatic rings. The third kappa shape index (κ3) is 3.64. The molecule has 2 aromatic rings. The molecule has 0 amide bonds. The van der Waals surface area contributed by atoms with Crippen LogP contribution in [0, 0.1) is 0 Å². The van der Waals surface area contributed by atoms with Crippen LogP contribution in [0.15, 0.2) is 60.3 Å². The number of rotatable bonds is 4. The zero-order valence-corrected chi connectivity index (χ0v) is 12.9. The summed E-state index contributed by atoms with van der Waals surface area (Å²) in [6.45, 7) is 5.47. The molecule has 0 bridgehead atoms. The molecule has 21 heavy (non-hydrogen) atoms. The van der Waals surface area contributed by atoms with Crippen molar-refractivity contribution in [1.82, 2.24) is 9.88 Å². The van der Waals surface area contributed by atoms with Gasteiger partial charge in [-0.2, -0.15) is 0 Å². The van der Waals surface area contributed by atoms with E-state index in [1.54, 1.807) is 0 Å². The number of nitrogens with zero attached hydrogens (tertiary/aromatic N) is 1. The molecule has 2 unspecified atom stereocenters. The van der Waals surface area contributed by atoms with Gasteiger partial charge in [-0.25, -0.2) is 0 Å². The van der Waals surface area contributed by atoms with Crippen molar-refractivity contribution in [3.63, 3.8) is 0 Å². The largest absolute Gasteiger partial charge is 0.347 e. The summed E-state index contributed by atoms with van der Waals surface area (Å²) in [5.41, 5.74) is 4.26. The third-order valence-corrected chi connectivity index (χ3v) is 4.16. The highest BCUT2D eigenvalue weighted by atomic mass is 15.0. The quantitative estimate of drug-likeness (QED) is 0.844. The van der Waals surface area contributed by atoms with E-state index in [2.05, 4.69) is 78.5 Å². The monoisotopic (exact) mass is 280 g/mol. The fourth-order valence-electron chi connectivity index (χ4n) is 3.28. The predicted molar refractivity (Wildman–Crippen MR) is 88.4 cm³/mol. The molecule has 1 N–H and O–H groups in total. The Labute approximate surface area is 127 Å². The average Bonchev–Trinajstić information content (AvgIpc) is 2.86. The second kappa shape index (κ2) is 6.31. The topological polar surface area (TPSA) is 17.0 Å². The van der Waals surface area contributed by atoms with E-state index in [0.29, 0.717) is 12.1 Å². The van der Waals surface area contributed by atoms with Gasteiger partial charge in [0.25, 0.3) is 0 Å². The first-order valence-electron chi connectivity index (χ1n) is 7.82. The van der Waals surface area contributed by atoms with Crippen LogP contribution in [0.3, 0.4) is 0 Å². The summed E-state index contributed by atoms with van der Waals surface area (Å²) in [6.07, 6.45) is 6.80. The molecule has 1 aromatic heterocycles. The number of hydrogen-bond acceptors (Lipinski definition) is 1. The highest BCUT2D eigenvalue weighted by molar-refractivity contribution is 5.20. The fraction of sp³-hybridized carbons (Fsp3) is 0.368. The summed E-state index contributed by atoms with van der Waals surface area (Å²) in [4.78, 5) is 0. The normalized spacial score (nSPS) is 22.1. The maximum Gasteiger partial charge on any atom is 0.0472 e. The van der Waals surface area contributed by atoms with Gasteiger partial charge >= 0.3 is 0 Å². The van der Waals surface area contributed by atoms with E-state index in [-0.39, 0.29) is 0 Å². The Kier molecular flexibility index (Phi) is 4.26. The van der Waals surface area contributed by atoms with Crippen LogP contribution in [-0.4, -0.2) is 16.7 Å². The first-order valence-corrected chi connectivity index (χ1v) is 7.82. The third-order valence-electron chi connectivity index (χ3n) is 4.16. The first kappa shape index (κ1) is 14.2. The molecule has 110 valence electrons. The van der Waals surface area contributed by atoms with E-state index in [1.807, 2.05) is 0 Å². The molecule has 0 saturated carbocycles. The van der Waals surface area contributed by atoms with Gasteiger partial charge in [-0.05, 0) is 38.0 Å². The predicted octanol–water partition coefficient (Wildman–Crippen LogP) is 3.78. The van der Waals surface area contributed by atoms with Gasteiger partial charge in [-0.3, -0.25) is 0 Å². The fourth-order valence-corrected chi connectivity index (χ4v) is 3.28. The minimum absolute atomic E-state index is 0.457. The van der Waals surface area contributed by atoms with Crippen molar-refractivity contribution < 1.29 is 0 Å². The van der Waals surface area contributed by atoms with Crippen LogP contribution >= 0.6 is 0 Å². The molecule has 1 aromatic carbocycles. The lowest BCUT2D eigenvalue weighted by molar-refractivity contribution is 0.457. The van der Waals surface area contributed by atoms with Gasteiger partial charge in [0.2, 0.25) is 0 Å². The van der Waals surface area contributed by atoms with Gasteiger partial charge in [0.1, 0.15) is 0 Å². The van der Waals surface area contributed by atoms with Crippen molar-refractivity contribution in [3.8, 4) is 0 Å². The molecule has 0 radical (unpaired) electrons. The lowest BCUT2D eigenvalue weighted by atomic mass is 9.97. The van der Waals surface area contributed by atoms with Gasteiger partial charge in [0, 0.05) is 36.9 Å². The van der Waals surface area contributed by atoms with Crippen LogP contribution in [0.5, 0.6) is 0 Å². The van der Waals surface area contributed by atoms with Crippen LogP contribution < -0.4 is 5.32 Å². The molecule has 2 atom stereocenters. The van der Waals surface area contributed by atoms with Crippen molar-refractivity contribution in [2.45, 2.75) is 45.3 Å². The molecule has 2 nitrogen and oxygen atoms in total. The Morgan fingerprint density at radius 2 is 1.95 bits per heavy atom. The average molecular weight is 280 g/mol. The maximum atomic E-state index is 3.69. The summed E-state index contributed by atoms with van der Waals surface area (Å²) in [6, 6.07) is 16.1. The van der Waals surface area contributed by atoms with Crippen molar-refractivity contribution in [1.29, 1.82) is 0 Å². The van der Waals surface area contributed by atoms with E-state index in [4.69, 9.17) is 0 Å². The molecular formula is C19H24N2. The highest BCUT2D eigenvalue weighted by Crippen LogP contribution is 2.17. The molecule has 2 heterocycles. The number of nitrogens with one attached hydrogen (secondary N) is 1. The van der Waals surface area contributed by atoms with Crippen molar-refractivity contribution in [2.75, 3.05) is 0 Å². The van der Waals surface area contributed by atoms with E-state index >= 15 is 0 Å². The Morgan fingerprint density at radius 3 is 2.71 bits per heavy atom. The minimum Gasteiger partial charge on any atom is -0.347 e. The molecule has 1 aliphatic heterocycles. The first-order chi connectivity index (χ1) is 10.2. The molecular weight excluding hydrogens is 256 g/mol. The van der Waals surface area contributed by atoms with Gasteiger partial charge in [0.05, 0.1) is 0 Å². The number of benzene rings is 1. The molecule has 3 rings (SSSR count).